The SMILES string of the molecule is CC[C@@H]1[C@@H](CC(=O)O)CCCC(=O)N1C1CC1. The topological polar surface area (TPSA) is 57.6 Å². The Labute approximate surface area is 102 Å². The minimum atomic E-state index is -0.737. The fraction of sp³-hybridized carbons (Fsp3) is 0.846. The van der Waals surface area contributed by atoms with Crippen LogP contribution in [0.1, 0.15) is 51.9 Å². The Balaban J connectivity index is 2.15. The monoisotopic (exact) mass is 239 g/mol. The van der Waals surface area contributed by atoms with Crippen LogP contribution in [0, 0.1) is 5.92 Å². The Morgan fingerprint density at radius 3 is 2.65 bits per heavy atom. The van der Waals surface area contributed by atoms with Crippen molar-refractivity contribution < 1.29 is 14.7 Å². The summed E-state index contributed by atoms with van der Waals surface area (Å²) < 4.78 is 0. The van der Waals surface area contributed by atoms with E-state index >= 15 is 0 Å². The van der Waals surface area contributed by atoms with Crippen molar-refractivity contribution in [2.75, 3.05) is 0 Å². The van der Waals surface area contributed by atoms with Gasteiger partial charge in [-0.2, -0.15) is 0 Å². The zero-order valence-electron chi connectivity index (χ0n) is 10.4. The highest BCUT2D eigenvalue weighted by Gasteiger charge is 2.41. The van der Waals surface area contributed by atoms with Crippen LogP contribution in [0.5, 0.6) is 0 Å². The second-order valence-electron chi connectivity index (χ2n) is 5.26. The number of likely N-dealkylation sites (tertiary alicyclic amines) is 1. The number of aliphatic carboxylic acids is 1. The molecule has 1 saturated heterocycles. The molecule has 0 spiro atoms. The third-order valence-electron chi connectivity index (χ3n) is 3.95. The number of amides is 1. The van der Waals surface area contributed by atoms with E-state index in [1.807, 2.05) is 4.90 Å². The molecule has 17 heavy (non-hydrogen) atoms. The van der Waals surface area contributed by atoms with Gasteiger partial charge in [-0.05, 0) is 38.0 Å². The number of carboxylic acid groups (broad SMARTS) is 1. The molecule has 0 unspecified atom stereocenters. The number of hydrogen-bond donors (Lipinski definition) is 1. The molecule has 96 valence electrons. The largest absolute Gasteiger partial charge is 0.481 e. The molecule has 0 aromatic carbocycles. The highest BCUT2D eigenvalue weighted by Crippen LogP contribution is 2.37. The number of carbonyl (C=O) groups is 2. The molecule has 0 aromatic rings. The summed E-state index contributed by atoms with van der Waals surface area (Å²) in [4.78, 5) is 25.0. The van der Waals surface area contributed by atoms with E-state index in [0.29, 0.717) is 12.5 Å². The van der Waals surface area contributed by atoms with E-state index in [2.05, 4.69) is 6.92 Å². The van der Waals surface area contributed by atoms with Crippen molar-refractivity contribution in [1.29, 1.82) is 0 Å². The van der Waals surface area contributed by atoms with Crippen LogP contribution in [-0.2, 0) is 9.59 Å². The third-order valence-corrected chi connectivity index (χ3v) is 3.95. The molecule has 1 aliphatic heterocycles. The van der Waals surface area contributed by atoms with Gasteiger partial charge in [0, 0.05) is 18.5 Å². The number of hydrogen-bond acceptors (Lipinski definition) is 2. The van der Waals surface area contributed by atoms with Crippen LogP contribution in [0.3, 0.4) is 0 Å². The van der Waals surface area contributed by atoms with Crippen LogP contribution < -0.4 is 0 Å². The Morgan fingerprint density at radius 1 is 1.41 bits per heavy atom. The van der Waals surface area contributed by atoms with Crippen molar-refractivity contribution >= 4 is 11.9 Å². The van der Waals surface area contributed by atoms with E-state index in [9.17, 15) is 9.59 Å². The quantitative estimate of drug-likeness (QED) is 0.816. The van der Waals surface area contributed by atoms with Gasteiger partial charge in [0.1, 0.15) is 0 Å². The summed E-state index contributed by atoms with van der Waals surface area (Å²) in [5.74, 6) is -0.352. The summed E-state index contributed by atoms with van der Waals surface area (Å²) in [5.41, 5.74) is 0. The number of nitrogens with zero attached hydrogens (tertiary/aromatic N) is 1. The second-order valence-corrected chi connectivity index (χ2v) is 5.26. The zero-order valence-corrected chi connectivity index (χ0v) is 10.4. The van der Waals surface area contributed by atoms with Gasteiger partial charge in [-0.1, -0.05) is 6.92 Å². The van der Waals surface area contributed by atoms with Crippen LogP contribution in [-0.4, -0.2) is 34.0 Å². The molecule has 4 heteroatoms. The molecule has 0 aromatic heterocycles. The molecule has 4 nitrogen and oxygen atoms in total. The smallest absolute Gasteiger partial charge is 0.303 e. The molecule has 0 radical (unpaired) electrons. The minimum absolute atomic E-state index is 0.143. The first kappa shape index (κ1) is 12.4. The fourth-order valence-corrected chi connectivity index (χ4v) is 3.07. The van der Waals surface area contributed by atoms with E-state index in [0.717, 1.165) is 32.1 Å². The Morgan fingerprint density at radius 2 is 2.12 bits per heavy atom. The van der Waals surface area contributed by atoms with E-state index in [1.54, 1.807) is 0 Å². The van der Waals surface area contributed by atoms with Crippen LogP contribution in [0.4, 0.5) is 0 Å². The Hall–Kier alpha value is -1.06. The molecule has 1 saturated carbocycles. The van der Waals surface area contributed by atoms with Crippen LogP contribution in [0.2, 0.25) is 0 Å². The molecule has 0 bridgehead atoms. The average molecular weight is 239 g/mol. The van der Waals surface area contributed by atoms with Crippen molar-refractivity contribution in [3.63, 3.8) is 0 Å². The zero-order chi connectivity index (χ0) is 12.4. The van der Waals surface area contributed by atoms with Gasteiger partial charge < -0.3 is 10.0 Å². The molecule has 1 amide bonds. The molecule has 1 N–H and O–H groups in total. The Kier molecular flexibility index (Phi) is 3.69. The normalized spacial score (nSPS) is 30.2. The van der Waals surface area contributed by atoms with Gasteiger partial charge in [-0.25, -0.2) is 0 Å². The van der Waals surface area contributed by atoms with Crippen molar-refractivity contribution in [2.24, 2.45) is 5.92 Å². The standard InChI is InChI=1S/C13H21NO3/c1-2-11-9(8-13(16)17)4-3-5-12(15)14(11)10-6-7-10/h9-11H,2-8H2,1H3,(H,16,17)/t9-,11-/m1/s1. The number of rotatable bonds is 4. The predicted octanol–water partition coefficient (Wildman–Crippen LogP) is 2.03. The summed E-state index contributed by atoms with van der Waals surface area (Å²) in [5, 5.41) is 8.97. The third kappa shape index (κ3) is 2.79. The molecule has 2 fully saturated rings. The summed E-state index contributed by atoms with van der Waals surface area (Å²) >= 11 is 0. The van der Waals surface area contributed by atoms with Gasteiger partial charge in [-0.3, -0.25) is 9.59 Å². The molecule has 1 aliphatic carbocycles. The van der Waals surface area contributed by atoms with Crippen LogP contribution >= 0.6 is 0 Å². The lowest BCUT2D eigenvalue weighted by Gasteiger charge is -2.34. The Bertz CT molecular complexity index is 312. The molecule has 2 atom stereocenters. The van der Waals surface area contributed by atoms with Crippen molar-refractivity contribution in [1.82, 2.24) is 4.90 Å². The van der Waals surface area contributed by atoms with E-state index in [1.165, 1.54) is 0 Å². The van der Waals surface area contributed by atoms with Gasteiger partial charge in [0.05, 0.1) is 6.42 Å². The summed E-state index contributed by atoms with van der Waals surface area (Å²) in [7, 11) is 0. The highest BCUT2D eigenvalue weighted by molar-refractivity contribution is 5.78. The number of carboxylic acids is 1. The van der Waals surface area contributed by atoms with E-state index in [-0.39, 0.29) is 24.3 Å². The van der Waals surface area contributed by atoms with E-state index in [4.69, 9.17) is 5.11 Å². The van der Waals surface area contributed by atoms with Crippen molar-refractivity contribution in [3.05, 3.63) is 0 Å². The predicted molar refractivity (Wildman–Crippen MR) is 63.5 cm³/mol. The van der Waals surface area contributed by atoms with Gasteiger partial charge >= 0.3 is 5.97 Å². The molecule has 2 aliphatic rings. The average Bonchev–Trinajstić information content (AvgIpc) is 3.06. The van der Waals surface area contributed by atoms with E-state index < -0.39 is 5.97 Å². The second kappa shape index (κ2) is 5.07. The van der Waals surface area contributed by atoms with Gasteiger partial charge in [0.25, 0.3) is 0 Å². The minimum Gasteiger partial charge on any atom is -0.481 e. The van der Waals surface area contributed by atoms with Crippen molar-refractivity contribution in [2.45, 2.75) is 64.0 Å². The maximum Gasteiger partial charge on any atom is 0.303 e. The first-order valence-electron chi connectivity index (χ1n) is 6.66. The van der Waals surface area contributed by atoms with Gasteiger partial charge in [0.15, 0.2) is 0 Å². The lowest BCUT2D eigenvalue weighted by atomic mass is 9.89. The first-order chi connectivity index (χ1) is 8.13. The summed E-state index contributed by atoms with van der Waals surface area (Å²) in [6.45, 7) is 2.06. The number of carbonyl (C=O) groups excluding carboxylic acids is 1. The summed E-state index contributed by atoms with van der Waals surface area (Å²) in [6.07, 6.45) is 5.60. The van der Waals surface area contributed by atoms with Crippen LogP contribution in [0.15, 0.2) is 0 Å². The highest BCUT2D eigenvalue weighted by atomic mass is 16.4. The van der Waals surface area contributed by atoms with Gasteiger partial charge in [-0.15, -0.1) is 0 Å². The maximum absolute atomic E-state index is 12.1. The maximum atomic E-state index is 12.1. The lowest BCUT2D eigenvalue weighted by molar-refractivity contribution is -0.141. The molecule has 2 rings (SSSR count). The fourth-order valence-electron chi connectivity index (χ4n) is 3.07. The molecular weight excluding hydrogens is 218 g/mol. The lowest BCUT2D eigenvalue weighted by Crippen LogP contribution is -2.44. The first-order valence-corrected chi connectivity index (χ1v) is 6.66. The van der Waals surface area contributed by atoms with Crippen molar-refractivity contribution in [3.8, 4) is 0 Å². The molecule has 1 heterocycles. The van der Waals surface area contributed by atoms with Crippen LogP contribution in [0.25, 0.3) is 0 Å². The summed E-state index contributed by atoms with van der Waals surface area (Å²) in [6, 6.07) is 0.551. The molecular formula is C13H21NO3. The van der Waals surface area contributed by atoms with Gasteiger partial charge in [0.2, 0.25) is 5.91 Å².